The molecule has 102 valence electrons. The van der Waals surface area contributed by atoms with Gasteiger partial charge in [-0.3, -0.25) is 9.48 Å². The highest BCUT2D eigenvalue weighted by Crippen LogP contribution is 2.19. The third-order valence-corrected chi connectivity index (χ3v) is 3.49. The third-order valence-electron chi connectivity index (χ3n) is 3.49. The molecule has 1 heterocycles. The smallest absolute Gasteiger partial charge is 0.275 e. The molecule has 3 heteroatoms. The molecule has 19 heavy (non-hydrogen) atoms. The van der Waals surface area contributed by atoms with Gasteiger partial charge in [0.15, 0.2) is 0 Å². The number of benzene rings is 1. The Kier molecular flexibility index (Phi) is 3.93. The van der Waals surface area contributed by atoms with Crippen LogP contribution in [-0.4, -0.2) is 9.36 Å². The average molecular weight is 258 g/mol. The van der Waals surface area contributed by atoms with Gasteiger partial charge in [0.2, 0.25) is 0 Å². The number of nitrogens with zero attached hydrogens (tertiary/aromatic N) is 2. The minimum absolute atomic E-state index is 0.118. The van der Waals surface area contributed by atoms with Crippen LogP contribution in [0.2, 0.25) is 0 Å². The summed E-state index contributed by atoms with van der Waals surface area (Å²) in [5.74, 6) is 0.255. The highest BCUT2D eigenvalue weighted by Gasteiger charge is 2.20. The van der Waals surface area contributed by atoms with Gasteiger partial charge in [-0.1, -0.05) is 45.4 Å². The second kappa shape index (κ2) is 5.47. The van der Waals surface area contributed by atoms with E-state index in [4.69, 9.17) is 0 Å². The van der Waals surface area contributed by atoms with E-state index in [1.807, 2.05) is 42.1 Å². The summed E-state index contributed by atoms with van der Waals surface area (Å²) in [4.78, 5) is 12.7. The fourth-order valence-corrected chi connectivity index (χ4v) is 2.64. The van der Waals surface area contributed by atoms with Crippen molar-refractivity contribution in [1.82, 2.24) is 9.36 Å². The molecule has 0 bridgehead atoms. The van der Waals surface area contributed by atoms with E-state index in [0.717, 1.165) is 29.8 Å². The van der Waals surface area contributed by atoms with Gasteiger partial charge < -0.3 is 0 Å². The van der Waals surface area contributed by atoms with E-state index in [0.29, 0.717) is 0 Å². The van der Waals surface area contributed by atoms with Crippen LogP contribution in [0.1, 0.15) is 44.4 Å². The monoisotopic (exact) mass is 258 g/mol. The molecule has 0 fully saturated rings. The van der Waals surface area contributed by atoms with Gasteiger partial charge >= 0.3 is 0 Å². The molecule has 2 rings (SSSR count). The molecule has 3 nitrogen and oxygen atoms in total. The summed E-state index contributed by atoms with van der Waals surface area (Å²) in [6, 6.07) is 9.84. The maximum absolute atomic E-state index is 12.7. The van der Waals surface area contributed by atoms with Crippen LogP contribution < -0.4 is 5.56 Å². The standard InChI is InChI=1S/C16H22N2O/c1-5-9-14-15(12(2)3)16(19)18(17(14)4)13-10-7-6-8-11-13/h6-8,10-12H,5,9H2,1-4H3. The minimum Gasteiger partial charge on any atom is -0.285 e. The van der Waals surface area contributed by atoms with Crippen LogP contribution >= 0.6 is 0 Å². The van der Waals surface area contributed by atoms with Crippen LogP contribution in [0.5, 0.6) is 0 Å². The normalized spacial score (nSPS) is 11.2. The molecule has 0 aliphatic rings. The lowest BCUT2D eigenvalue weighted by molar-refractivity contribution is 0.609. The maximum Gasteiger partial charge on any atom is 0.275 e. The summed E-state index contributed by atoms with van der Waals surface area (Å²) in [7, 11) is 1.98. The summed E-state index contributed by atoms with van der Waals surface area (Å²) in [6.07, 6.45) is 1.99. The van der Waals surface area contributed by atoms with Gasteiger partial charge in [-0.2, -0.15) is 0 Å². The Morgan fingerprint density at radius 1 is 1.16 bits per heavy atom. The zero-order chi connectivity index (χ0) is 14.0. The SMILES string of the molecule is CCCc1c(C(C)C)c(=O)n(-c2ccccc2)n1C. The zero-order valence-electron chi connectivity index (χ0n) is 12.2. The first-order valence-electron chi connectivity index (χ1n) is 6.94. The van der Waals surface area contributed by atoms with E-state index in [9.17, 15) is 4.79 Å². The Hall–Kier alpha value is -1.77. The summed E-state index contributed by atoms with van der Waals surface area (Å²) >= 11 is 0. The maximum atomic E-state index is 12.7. The van der Waals surface area contributed by atoms with Gasteiger partial charge in [-0.25, -0.2) is 4.68 Å². The van der Waals surface area contributed by atoms with Gasteiger partial charge in [0.05, 0.1) is 5.69 Å². The lowest BCUT2D eigenvalue weighted by atomic mass is 10.0. The van der Waals surface area contributed by atoms with Gasteiger partial charge in [-0.05, 0) is 24.5 Å². The lowest BCUT2D eigenvalue weighted by Crippen LogP contribution is -2.21. The fraction of sp³-hybridized carbons (Fsp3) is 0.438. The van der Waals surface area contributed by atoms with Crippen molar-refractivity contribution in [3.63, 3.8) is 0 Å². The van der Waals surface area contributed by atoms with Crippen LogP contribution in [0.15, 0.2) is 35.1 Å². The number of hydrogen-bond acceptors (Lipinski definition) is 1. The van der Waals surface area contributed by atoms with Crippen molar-refractivity contribution >= 4 is 0 Å². The Morgan fingerprint density at radius 2 is 1.79 bits per heavy atom. The largest absolute Gasteiger partial charge is 0.285 e. The molecule has 0 radical (unpaired) electrons. The van der Waals surface area contributed by atoms with Gasteiger partial charge in [0.1, 0.15) is 0 Å². The molecular weight excluding hydrogens is 236 g/mol. The fourth-order valence-electron chi connectivity index (χ4n) is 2.64. The minimum atomic E-state index is 0.118. The zero-order valence-corrected chi connectivity index (χ0v) is 12.2. The first kappa shape index (κ1) is 13.7. The first-order valence-corrected chi connectivity index (χ1v) is 6.94. The molecule has 0 atom stereocenters. The molecule has 0 N–H and O–H groups in total. The van der Waals surface area contributed by atoms with Crippen LogP contribution in [0.4, 0.5) is 0 Å². The van der Waals surface area contributed by atoms with Crippen molar-refractivity contribution in [2.75, 3.05) is 0 Å². The van der Waals surface area contributed by atoms with Crippen LogP contribution in [0.3, 0.4) is 0 Å². The van der Waals surface area contributed by atoms with E-state index in [1.54, 1.807) is 4.68 Å². The summed E-state index contributed by atoms with van der Waals surface area (Å²) in [6.45, 7) is 6.32. The molecular formula is C16H22N2O. The first-order chi connectivity index (χ1) is 9.07. The van der Waals surface area contributed by atoms with E-state index in [2.05, 4.69) is 20.8 Å². The summed E-state index contributed by atoms with van der Waals surface area (Å²) in [5.41, 5.74) is 3.16. The van der Waals surface area contributed by atoms with Crippen LogP contribution in [-0.2, 0) is 13.5 Å². The predicted octanol–water partition coefficient (Wildman–Crippen LogP) is 3.25. The quantitative estimate of drug-likeness (QED) is 0.827. The van der Waals surface area contributed by atoms with E-state index in [-0.39, 0.29) is 11.5 Å². The summed E-state index contributed by atoms with van der Waals surface area (Å²) in [5, 5.41) is 0. The van der Waals surface area contributed by atoms with Gasteiger partial charge in [-0.15, -0.1) is 0 Å². The molecule has 1 aromatic heterocycles. The number of para-hydroxylation sites is 1. The summed E-state index contributed by atoms with van der Waals surface area (Å²) < 4.78 is 3.79. The van der Waals surface area contributed by atoms with Gasteiger partial charge in [0, 0.05) is 18.3 Å². The number of hydrogen-bond donors (Lipinski definition) is 0. The van der Waals surface area contributed by atoms with Crippen molar-refractivity contribution in [2.45, 2.75) is 39.5 Å². The topological polar surface area (TPSA) is 26.9 Å². The molecule has 2 aromatic rings. The molecule has 0 unspecified atom stereocenters. The number of rotatable bonds is 4. The predicted molar refractivity (Wildman–Crippen MR) is 79.1 cm³/mol. The molecule has 0 saturated heterocycles. The Morgan fingerprint density at radius 3 is 2.32 bits per heavy atom. The highest BCUT2D eigenvalue weighted by molar-refractivity contribution is 5.34. The second-order valence-electron chi connectivity index (χ2n) is 5.24. The van der Waals surface area contributed by atoms with Crippen molar-refractivity contribution in [3.05, 3.63) is 51.9 Å². The van der Waals surface area contributed by atoms with E-state index >= 15 is 0 Å². The molecule has 0 saturated carbocycles. The van der Waals surface area contributed by atoms with E-state index < -0.39 is 0 Å². The lowest BCUT2D eigenvalue weighted by Gasteiger charge is -2.10. The molecule has 1 aromatic carbocycles. The Bertz CT molecular complexity index is 606. The van der Waals surface area contributed by atoms with Gasteiger partial charge in [0.25, 0.3) is 5.56 Å². The number of aromatic nitrogens is 2. The second-order valence-corrected chi connectivity index (χ2v) is 5.24. The highest BCUT2D eigenvalue weighted by atomic mass is 16.1. The Labute approximate surface area is 114 Å². The van der Waals surface area contributed by atoms with Crippen molar-refractivity contribution in [1.29, 1.82) is 0 Å². The van der Waals surface area contributed by atoms with Crippen LogP contribution in [0.25, 0.3) is 5.69 Å². The molecule has 0 amide bonds. The van der Waals surface area contributed by atoms with Crippen molar-refractivity contribution in [2.24, 2.45) is 7.05 Å². The van der Waals surface area contributed by atoms with E-state index in [1.165, 1.54) is 0 Å². The average Bonchev–Trinajstić information content (AvgIpc) is 2.63. The Balaban J connectivity index is 2.70. The molecule has 0 aliphatic heterocycles. The van der Waals surface area contributed by atoms with Crippen molar-refractivity contribution in [3.8, 4) is 5.69 Å². The molecule has 0 aliphatic carbocycles. The van der Waals surface area contributed by atoms with Crippen molar-refractivity contribution < 1.29 is 0 Å². The molecule has 0 spiro atoms. The third kappa shape index (κ3) is 2.37. The van der Waals surface area contributed by atoms with Crippen LogP contribution in [0, 0.1) is 0 Å².